The summed E-state index contributed by atoms with van der Waals surface area (Å²) in [5, 5.41) is 5.45. The largest absolute Gasteiger partial charge is 0.370 e. The van der Waals surface area contributed by atoms with E-state index in [4.69, 9.17) is 0 Å². The first-order valence-corrected chi connectivity index (χ1v) is 8.74. The third-order valence-electron chi connectivity index (χ3n) is 4.38. The van der Waals surface area contributed by atoms with Crippen molar-refractivity contribution in [3.8, 4) is 0 Å². The molecule has 0 atom stereocenters. The molecular weight excluding hydrogens is 352 g/mol. The number of benzene rings is 1. The number of ether oxygens (including phenoxy) is 1. The molecule has 1 aliphatic carbocycles. The first kappa shape index (κ1) is 20.5. The SMILES string of the molecule is O=C(NCCC1CCCC1)Nc1cccc(COCC(F)(F)C(F)F)c1. The fourth-order valence-electron chi connectivity index (χ4n) is 2.97. The van der Waals surface area contributed by atoms with Crippen LogP contribution in [0, 0.1) is 5.92 Å². The molecule has 4 nitrogen and oxygen atoms in total. The molecule has 1 aromatic carbocycles. The Morgan fingerprint density at radius 2 is 2.00 bits per heavy atom. The van der Waals surface area contributed by atoms with Crippen molar-refractivity contribution < 1.29 is 27.1 Å². The minimum Gasteiger partial charge on any atom is -0.370 e. The van der Waals surface area contributed by atoms with Gasteiger partial charge in [-0.05, 0) is 30.0 Å². The summed E-state index contributed by atoms with van der Waals surface area (Å²) < 4.78 is 54.4. The molecule has 0 aromatic heterocycles. The smallest absolute Gasteiger partial charge is 0.330 e. The Morgan fingerprint density at radius 1 is 1.27 bits per heavy atom. The van der Waals surface area contributed by atoms with Gasteiger partial charge < -0.3 is 15.4 Å². The van der Waals surface area contributed by atoms with Gasteiger partial charge in [-0.15, -0.1) is 0 Å². The molecule has 0 unspecified atom stereocenters. The number of rotatable bonds is 9. The maximum absolute atomic E-state index is 12.8. The normalized spacial score (nSPS) is 15.4. The van der Waals surface area contributed by atoms with Crippen LogP contribution in [0.2, 0.25) is 0 Å². The Labute approximate surface area is 150 Å². The minimum atomic E-state index is -4.17. The maximum atomic E-state index is 12.8. The number of urea groups is 1. The van der Waals surface area contributed by atoms with Gasteiger partial charge in [-0.2, -0.15) is 8.78 Å². The van der Waals surface area contributed by atoms with E-state index in [1.165, 1.54) is 25.7 Å². The number of nitrogens with one attached hydrogen (secondary N) is 2. The van der Waals surface area contributed by atoms with Gasteiger partial charge in [-0.3, -0.25) is 0 Å². The molecule has 146 valence electrons. The molecule has 0 saturated heterocycles. The molecule has 0 spiro atoms. The van der Waals surface area contributed by atoms with E-state index in [0.717, 1.165) is 6.42 Å². The number of amides is 2. The topological polar surface area (TPSA) is 50.4 Å². The molecule has 1 saturated carbocycles. The van der Waals surface area contributed by atoms with E-state index in [1.807, 2.05) is 0 Å². The van der Waals surface area contributed by atoms with Gasteiger partial charge in [-0.1, -0.05) is 37.8 Å². The Kier molecular flexibility index (Phi) is 7.68. The average Bonchev–Trinajstić information content (AvgIpc) is 3.08. The van der Waals surface area contributed by atoms with Crippen LogP contribution >= 0.6 is 0 Å². The summed E-state index contributed by atoms with van der Waals surface area (Å²) in [5.41, 5.74) is 0.976. The number of halogens is 4. The van der Waals surface area contributed by atoms with E-state index in [-0.39, 0.29) is 12.6 Å². The number of hydrogen-bond donors (Lipinski definition) is 2. The number of carbonyl (C=O) groups excluding carboxylic acids is 1. The van der Waals surface area contributed by atoms with Crippen molar-refractivity contribution in [1.82, 2.24) is 5.32 Å². The fraction of sp³-hybridized carbons (Fsp3) is 0.611. The Hall–Kier alpha value is -1.83. The molecule has 26 heavy (non-hydrogen) atoms. The third-order valence-corrected chi connectivity index (χ3v) is 4.38. The van der Waals surface area contributed by atoms with E-state index in [1.54, 1.807) is 24.3 Å². The van der Waals surface area contributed by atoms with Crippen LogP contribution in [-0.4, -0.2) is 31.5 Å². The molecule has 0 heterocycles. The lowest BCUT2D eigenvalue weighted by Gasteiger charge is -2.15. The third kappa shape index (κ3) is 6.82. The van der Waals surface area contributed by atoms with Gasteiger partial charge >= 0.3 is 18.4 Å². The van der Waals surface area contributed by atoms with Gasteiger partial charge in [0.15, 0.2) is 0 Å². The van der Waals surface area contributed by atoms with Crippen LogP contribution in [0.4, 0.5) is 28.0 Å². The van der Waals surface area contributed by atoms with Crippen LogP contribution in [0.25, 0.3) is 0 Å². The zero-order valence-corrected chi connectivity index (χ0v) is 14.4. The van der Waals surface area contributed by atoms with Crippen molar-refractivity contribution in [1.29, 1.82) is 0 Å². The molecule has 1 aliphatic rings. The summed E-state index contributed by atoms with van der Waals surface area (Å²) in [7, 11) is 0. The summed E-state index contributed by atoms with van der Waals surface area (Å²) >= 11 is 0. The van der Waals surface area contributed by atoms with Gasteiger partial charge in [0.1, 0.15) is 6.61 Å². The molecule has 8 heteroatoms. The zero-order chi connectivity index (χ0) is 19.0. The molecule has 0 aliphatic heterocycles. The van der Waals surface area contributed by atoms with Crippen LogP contribution in [-0.2, 0) is 11.3 Å². The Bertz CT molecular complexity index is 578. The van der Waals surface area contributed by atoms with E-state index < -0.39 is 19.0 Å². The van der Waals surface area contributed by atoms with Crippen LogP contribution in [0.1, 0.15) is 37.7 Å². The lowest BCUT2D eigenvalue weighted by Crippen LogP contribution is -2.32. The molecule has 0 radical (unpaired) electrons. The van der Waals surface area contributed by atoms with Crippen molar-refractivity contribution in [2.45, 2.75) is 51.1 Å². The molecule has 0 bridgehead atoms. The Balaban J connectivity index is 1.72. The van der Waals surface area contributed by atoms with Gasteiger partial charge in [0.2, 0.25) is 0 Å². The molecule has 2 N–H and O–H groups in total. The second-order valence-corrected chi connectivity index (χ2v) is 6.57. The molecular formula is C18H24F4N2O2. The van der Waals surface area contributed by atoms with Crippen LogP contribution in [0.3, 0.4) is 0 Å². The van der Waals surface area contributed by atoms with Gasteiger partial charge in [0.05, 0.1) is 6.61 Å². The summed E-state index contributed by atoms with van der Waals surface area (Å²) in [6.07, 6.45) is 2.15. The first-order chi connectivity index (χ1) is 12.4. The number of carbonyl (C=O) groups is 1. The quantitative estimate of drug-likeness (QED) is 0.608. The van der Waals surface area contributed by atoms with Crippen molar-refractivity contribution in [3.05, 3.63) is 29.8 Å². The van der Waals surface area contributed by atoms with Crippen LogP contribution < -0.4 is 10.6 Å². The first-order valence-electron chi connectivity index (χ1n) is 8.74. The summed E-state index contributed by atoms with van der Waals surface area (Å²) in [6, 6.07) is 6.08. The van der Waals surface area contributed by atoms with Gasteiger partial charge in [0, 0.05) is 12.2 Å². The van der Waals surface area contributed by atoms with E-state index in [9.17, 15) is 22.4 Å². The van der Waals surface area contributed by atoms with Gasteiger partial charge in [0.25, 0.3) is 0 Å². The highest BCUT2D eigenvalue weighted by molar-refractivity contribution is 5.89. The lowest BCUT2D eigenvalue weighted by atomic mass is 10.0. The summed E-state index contributed by atoms with van der Waals surface area (Å²) in [6.45, 7) is -1.01. The maximum Gasteiger partial charge on any atom is 0.330 e. The average molecular weight is 376 g/mol. The monoisotopic (exact) mass is 376 g/mol. The summed E-state index contributed by atoms with van der Waals surface area (Å²) in [4.78, 5) is 11.9. The molecule has 2 amide bonds. The molecule has 2 rings (SSSR count). The predicted octanol–water partition coefficient (Wildman–Crippen LogP) is 4.81. The second kappa shape index (κ2) is 9.75. The number of hydrogen-bond acceptors (Lipinski definition) is 2. The lowest BCUT2D eigenvalue weighted by molar-refractivity contribution is -0.168. The number of anilines is 1. The predicted molar refractivity (Wildman–Crippen MR) is 90.6 cm³/mol. The highest BCUT2D eigenvalue weighted by Crippen LogP contribution is 2.27. The highest BCUT2D eigenvalue weighted by Gasteiger charge is 2.40. The van der Waals surface area contributed by atoms with E-state index >= 15 is 0 Å². The van der Waals surface area contributed by atoms with Crippen molar-refractivity contribution in [2.24, 2.45) is 5.92 Å². The second-order valence-electron chi connectivity index (χ2n) is 6.57. The summed E-state index contributed by atoms with van der Waals surface area (Å²) in [5.74, 6) is -3.49. The molecule has 1 fully saturated rings. The standard InChI is InChI=1S/C18H24F4N2O2/c19-16(20)18(21,22)12-26-11-14-6-3-7-15(10-14)24-17(25)23-9-8-13-4-1-2-5-13/h3,6-7,10,13,16H,1-2,4-5,8-9,11-12H2,(H2,23,24,25). The Morgan fingerprint density at radius 3 is 2.69 bits per heavy atom. The van der Waals surface area contributed by atoms with E-state index in [0.29, 0.717) is 23.7 Å². The number of alkyl halides is 4. The fourth-order valence-corrected chi connectivity index (χ4v) is 2.97. The van der Waals surface area contributed by atoms with Crippen molar-refractivity contribution >= 4 is 11.7 Å². The van der Waals surface area contributed by atoms with Crippen molar-refractivity contribution in [3.63, 3.8) is 0 Å². The van der Waals surface area contributed by atoms with Crippen molar-refractivity contribution in [2.75, 3.05) is 18.5 Å². The van der Waals surface area contributed by atoms with Gasteiger partial charge in [-0.25, -0.2) is 13.6 Å². The van der Waals surface area contributed by atoms with E-state index in [2.05, 4.69) is 15.4 Å². The zero-order valence-electron chi connectivity index (χ0n) is 14.4. The van der Waals surface area contributed by atoms with Crippen LogP contribution in [0.5, 0.6) is 0 Å². The highest BCUT2D eigenvalue weighted by atomic mass is 19.3. The molecule has 1 aromatic rings. The minimum absolute atomic E-state index is 0.249. The van der Waals surface area contributed by atoms with Crippen LogP contribution in [0.15, 0.2) is 24.3 Å².